The van der Waals surface area contributed by atoms with Crippen molar-refractivity contribution in [1.29, 1.82) is 0 Å². The van der Waals surface area contributed by atoms with Crippen molar-refractivity contribution in [3.63, 3.8) is 0 Å². The minimum Gasteiger partial charge on any atom is -0.358 e. The Kier molecular flexibility index (Phi) is 3.56. The van der Waals surface area contributed by atoms with Crippen molar-refractivity contribution in [2.75, 3.05) is 0 Å². The van der Waals surface area contributed by atoms with Crippen LogP contribution in [-0.2, 0) is 4.79 Å². The number of aromatic nitrogens is 2. The van der Waals surface area contributed by atoms with Crippen LogP contribution in [0.2, 0.25) is 0 Å². The second kappa shape index (κ2) is 4.71. The van der Waals surface area contributed by atoms with Crippen LogP contribution in [0.1, 0.15) is 19.9 Å². The Bertz CT molecular complexity index is 400. The lowest BCUT2D eigenvalue weighted by Crippen LogP contribution is -2.39. The molecule has 1 atom stereocenters. The highest BCUT2D eigenvalue weighted by atomic mass is 16.6. The minimum absolute atomic E-state index is 0.0580. The zero-order chi connectivity index (χ0) is 12.3. The summed E-state index contributed by atoms with van der Waals surface area (Å²) >= 11 is 0. The van der Waals surface area contributed by atoms with Gasteiger partial charge in [0, 0.05) is 0 Å². The molecular formula is C8H13N5O3. The number of rotatable bonds is 4. The molecule has 0 saturated carbocycles. The molecule has 0 spiro atoms. The molecule has 88 valence electrons. The lowest BCUT2D eigenvalue weighted by Gasteiger charge is -2.18. The van der Waals surface area contributed by atoms with Gasteiger partial charge >= 0.3 is 5.82 Å². The van der Waals surface area contributed by atoms with E-state index in [1.807, 2.05) is 19.3 Å². The average Bonchev–Trinajstić information content (AvgIpc) is 2.66. The van der Waals surface area contributed by atoms with E-state index in [1.54, 1.807) is 0 Å². The molecule has 1 amide bonds. The molecule has 8 nitrogen and oxygen atoms in total. The normalized spacial score (nSPS) is 12.5. The second-order valence-electron chi connectivity index (χ2n) is 3.63. The maximum Gasteiger partial charge on any atom is 0.381 e. The van der Waals surface area contributed by atoms with Crippen molar-refractivity contribution >= 4 is 11.7 Å². The van der Waals surface area contributed by atoms with E-state index in [0.29, 0.717) is 0 Å². The molecule has 0 saturated heterocycles. The van der Waals surface area contributed by atoms with Crippen LogP contribution in [0, 0.1) is 16.0 Å². The molecule has 8 heteroatoms. The van der Waals surface area contributed by atoms with Gasteiger partial charge < -0.3 is 10.1 Å². The molecule has 0 radical (unpaired) electrons. The molecule has 1 heterocycles. The summed E-state index contributed by atoms with van der Waals surface area (Å²) in [4.78, 5) is 24.9. The fourth-order valence-electron chi connectivity index (χ4n) is 1.44. The van der Waals surface area contributed by atoms with Gasteiger partial charge in [-0.1, -0.05) is 13.8 Å². The van der Waals surface area contributed by atoms with Gasteiger partial charge in [0.1, 0.15) is 12.2 Å². The number of carbonyl (C=O) groups excluding carboxylic acids is 1. The van der Waals surface area contributed by atoms with Gasteiger partial charge in [0.05, 0.1) is 0 Å². The molecule has 1 aromatic rings. The van der Waals surface area contributed by atoms with Gasteiger partial charge in [-0.25, -0.2) is 5.84 Å². The first-order valence-corrected chi connectivity index (χ1v) is 4.65. The van der Waals surface area contributed by atoms with E-state index in [4.69, 9.17) is 5.84 Å². The summed E-state index contributed by atoms with van der Waals surface area (Å²) in [5, 5.41) is 10.5. The lowest BCUT2D eigenvalue weighted by atomic mass is 10.0. The molecule has 1 rings (SSSR count). The maximum absolute atomic E-state index is 11.5. The van der Waals surface area contributed by atoms with Crippen molar-refractivity contribution in [2.45, 2.75) is 19.9 Å². The quantitative estimate of drug-likeness (QED) is 0.324. The number of nitrogens with one attached hydrogen (secondary N) is 1. The molecule has 0 aromatic carbocycles. The molecule has 0 aliphatic rings. The molecule has 1 unspecified atom stereocenters. The van der Waals surface area contributed by atoms with E-state index in [1.165, 1.54) is 17.1 Å². The van der Waals surface area contributed by atoms with Gasteiger partial charge in [0.2, 0.25) is 6.33 Å². The first-order chi connectivity index (χ1) is 7.47. The van der Waals surface area contributed by atoms with Gasteiger partial charge in [0.25, 0.3) is 5.91 Å². The first-order valence-electron chi connectivity index (χ1n) is 4.65. The highest BCUT2D eigenvalue weighted by molar-refractivity contribution is 5.79. The van der Waals surface area contributed by atoms with E-state index < -0.39 is 16.9 Å². The van der Waals surface area contributed by atoms with E-state index in [2.05, 4.69) is 4.98 Å². The Labute approximate surface area is 91.6 Å². The van der Waals surface area contributed by atoms with Gasteiger partial charge in [0.15, 0.2) is 0 Å². The van der Waals surface area contributed by atoms with Crippen LogP contribution in [0.3, 0.4) is 0 Å². The molecule has 0 aliphatic carbocycles. The van der Waals surface area contributed by atoms with Gasteiger partial charge in [-0.05, 0) is 15.8 Å². The van der Waals surface area contributed by atoms with E-state index in [0.717, 1.165) is 0 Å². The summed E-state index contributed by atoms with van der Waals surface area (Å²) in [5.74, 6) is 4.28. The zero-order valence-electron chi connectivity index (χ0n) is 8.95. The van der Waals surface area contributed by atoms with Crippen LogP contribution >= 0.6 is 0 Å². The number of nitrogens with zero attached hydrogens (tertiary/aromatic N) is 3. The highest BCUT2D eigenvalue weighted by Crippen LogP contribution is 2.19. The van der Waals surface area contributed by atoms with E-state index in [-0.39, 0.29) is 11.7 Å². The molecule has 0 bridgehead atoms. The monoisotopic (exact) mass is 227 g/mol. The van der Waals surface area contributed by atoms with Crippen molar-refractivity contribution in [3.8, 4) is 0 Å². The van der Waals surface area contributed by atoms with Crippen LogP contribution in [-0.4, -0.2) is 20.4 Å². The van der Waals surface area contributed by atoms with Gasteiger partial charge in [-0.15, -0.1) is 0 Å². The Balaban J connectivity index is 3.02. The van der Waals surface area contributed by atoms with E-state index >= 15 is 0 Å². The summed E-state index contributed by atoms with van der Waals surface area (Å²) in [7, 11) is 0. The topological polar surface area (TPSA) is 116 Å². The largest absolute Gasteiger partial charge is 0.381 e. The summed E-state index contributed by atoms with van der Waals surface area (Å²) < 4.78 is 1.38. The average molecular weight is 227 g/mol. The fourth-order valence-corrected chi connectivity index (χ4v) is 1.44. The highest BCUT2D eigenvalue weighted by Gasteiger charge is 2.25. The molecule has 3 N–H and O–H groups in total. The Morgan fingerprint density at radius 1 is 1.69 bits per heavy atom. The molecule has 0 fully saturated rings. The third-order valence-corrected chi connectivity index (χ3v) is 2.14. The van der Waals surface area contributed by atoms with Crippen molar-refractivity contribution in [1.82, 2.24) is 15.0 Å². The Hall–Kier alpha value is -1.96. The second-order valence-corrected chi connectivity index (χ2v) is 3.63. The number of nitro groups is 1. The van der Waals surface area contributed by atoms with Crippen molar-refractivity contribution in [2.24, 2.45) is 11.8 Å². The number of amides is 1. The Morgan fingerprint density at radius 2 is 2.31 bits per heavy atom. The third-order valence-electron chi connectivity index (χ3n) is 2.14. The first kappa shape index (κ1) is 12.1. The van der Waals surface area contributed by atoms with Crippen LogP contribution in [0.5, 0.6) is 0 Å². The SMILES string of the molecule is CC(C)C(C(=O)NN)n1cnc([N+](=O)[O-])c1. The standard InChI is InChI=1S/C8H13N5O3/c1-5(2)7(8(14)11-9)12-3-6(10-4-12)13(15)16/h3-5,7H,9H2,1-2H3,(H,11,14). The van der Waals surface area contributed by atoms with Crippen LogP contribution in [0.4, 0.5) is 5.82 Å². The van der Waals surface area contributed by atoms with Gasteiger partial charge in [-0.3, -0.25) is 14.8 Å². The molecule has 16 heavy (non-hydrogen) atoms. The number of hydrogen-bond donors (Lipinski definition) is 2. The summed E-state index contributed by atoms with van der Waals surface area (Å²) in [6, 6.07) is -0.605. The lowest BCUT2D eigenvalue weighted by molar-refractivity contribution is -0.389. The van der Waals surface area contributed by atoms with Crippen LogP contribution < -0.4 is 11.3 Å². The number of nitrogens with two attached hydrogens (primary N) is 1. The maximum atomic E-state index is 11.5. The number of carbonyl (C=O) groups is 1. The summed E-state index contributed by atoms with van der Waals surface area (Å²) in [5.41, 5.74) is 2.03. The number of imidazole rings is 1. The third kappa shape index (κ3) is 2.34. The molecule has 1 aromatic heterocycles. The van der Waals surface area contributed by atoms with E-state index in [9.17, 15) is 14.9 Å². The fraction of sp³-hybridized carbons (Fsp3) is 0.500. The van der Waals surface area contributed by atoms with Crippen LogP contribution in [0.25, 0.3) is 0 Å². The molecular weight excluding hydrogens is 214 g/mol. The number of hydrogen-bond acceptors (Lipinski definition) is 5. The van der Waals surface area contributed by atoms with Crippen molar-refractivity contribution < 1.29 is 9.72 Å². The zero-order valence-corrected chi connectivity index (χ0v) is 8.95. The van der Waals surface area contributed by atoms with Gasteiger partial charge in [-0.2, -0.15) is 0 Å². The summed E-state index contributed by atoms with van der Waals surface area (Å²) in [6.45, 7) is 3.62. The minimum atomic E-state index is -0.617. The predicted molar refractivity (Wildman–Crippen MR) is 55.1 cm³/mol. The summed E-state index contributed by atoms with van der Waals surface area (Å²) in [6.07, 6.45) is 2.46. The smallest absolute Gasteiger partial charge is 0.358 e. The molecule has 0 aliphatic heterocycles. The Morgan fingerprint density at radius 3 is 2.69 bits per heavy atom. The van der Waals surface area contributed by atoms with Crippen LogP contribution in [0.15, 0.2) is 12.5 Å². The number of hydrazine groups is 1. The van der Waals surface area contributed by atoms with Crippen molar-refractivity contribution in [3.05, 3.63) is 22.6 Å². The predicted octanol–water partition coefficient (Wildman–Crippen LogP) is -0.0217.